The van der Waals surface area contributed by atoms with E-state index in [1.54, 1.807) is 6.20 Å². The van der Waals surface area contributed by atoms with E-state index in [9.17, 15) is 8.78 Å². The molecule has 23 heavy (non-hydrogen) atoms. The van der Waals surface area contributed by atoms with E-state index in [0.29, 0.717) is 38.3 Å². The molecule has 1 aromatic heterocycles. The van der Waals surface area contributed by atoms with E-state index < -0.39 is 11.6 Å². The second kappa shape index (κ2) is 5.69. The van der Waals surface area contributed by atoms with Crippen LogP contribution in [0, 0.1) is 11.6 Å². The summed E-state index contributed by atoms with van der Waals surface area (Å²) in [6, 6.07) is 4.05. The van der Waals surface area contributed by atoms with E-state index >= 15 is 0 Å². The van der Waals surface area contributed by atoms with Gasteiger partial charge in [0.1, 0.15) is 11.3 Å². The van der Waals surface area contributed by atoms with Gasteiger partial charge in [0.25, 0.3) is 0 Å². The smallest absolute Gasteiger partial charge is 0.152 e. The molecule has 0 unspecified atom stereocenters. The highest BCUT2D eigenvalue weighted by molar-refractivity contribution is 5.92. The Balaban J connectivity index is 1.73. The summed E-state index contributed by atoms with van der Waals surface area (Å²) < 4.78 is 39.1. The summed E-state index contributed by atoms with van der Waals surface area (Å²) in [4.78, 5) is 6.21. The highest BCUT2D eigenvalue weighted by atomic mass is 19.1. The zero-order valence-electron chi connectivity index (χ0n) is 12.7. The average Bonchev–Trinajstić information content (AvgIpc) is 2.55. The first kappa shape index (κ1) is 14.8. The Hall–Kier alpha value is -1.79. The second-order valence-corrected chi connectivity index (χ2v) is 6.18. The van der Waals surface area contributed by atoms with Crippen molar-refractivity contribution in [2.45, 2.75) is 18.4 Å². The molecule has 4 rings (SSSR count). The van der Waals surface area contributed by atoms with E-state index in [1.807, 2.05) is 6.07 Å². The molecule has 0 bridgehead atoms. The number of ether oxygens (including phenoxy) is 2. The fourth-order valence-electron chi connectivity index (χ4n) is 3.54. The standard InChI is InChI=1S/C17H18F2N2O2/c18-12-9-13-15(1-4-20-16(13)14(19)10-12)21-5-8-23-17(11-21)2-6-22-7-3-17/h1,4,9-10H,2-3,5-8,11H2. The maximum absolute atomic E-state index is 14.0. The van der Waals surface area contributed by atoms with Gasteiger partial charge >= 0.3 is 0 Å². The molecule has 0 aliphatic carbocycles. The average molecular weight is 320 g/mol. The highest BCUT2D eigenvalue weighted by Gasteiger charge is 2.38. The topological polar surface area (TPSA) is 34.6 Å². The number of rotatable bonds is 1. The Morgan fingerprint density at radius 3 is 2.78 bits per heavy atom. The van der Waals surface area contributed by atoms with Crippen molar-refractivity contribution >= 4 is 16.6 Å². The van der Waals surface area contributed by atoms with Crippen LogP contribution in [0.15, 0.2) is 24.4 Å². The van der Waals surface area contributed by atoms with Gasteiger partial charge in [0.15, 0.2) is 5.82 Å². The van der Waals surface area contributed by atoms with Gasteiger partial charge in [0.05, 0.1) is 12.2 Å². The Kier molecular flexibility index (Phi) is 3.66. The van der Waals surface area contributed by atoms with Crippen molar-refractivity contribution in [2.24, 2.45) is 0 Å². The molecule has 122 valence electrons. The summed E-state index contributed by atoms with van der Waals surface area (Å²) in [5.74, 6) is -1.21. The lowest BCUT2D eigenvalue weighted by atomic mass is 9.91. The molecule has 1 aromatic carbocycles. The molecule has 1 spiro atoms. The number of halogens is 2. The molecule has 0 radical (unpaired) electrons. The third-order valence-corrected chi connectivity index (χ3v) is 4.73. The second-order valence-electron chi connectivity index (χ2n) is 6.18. The van der Waals surface area contributed by atoms with Crippen molar-refractivity contribution in [1.82, 2.24) is 4.98 Å². The predicted octanol–water partition coefficient (Wildman–Crippen LogP) is 2.90. The number of benzene rings is 1. The van der Waals surface area contributed by atoms with Crippen LogP contribution in [0.4, 0.5) is 14.5 Å². The Morgan fingerprint density at radius 2 is 1.96 bits per heavy atom. The molecule has 6 heteroatoms. The van der Waals surface area contributed by atoms with Gasteiger partial charge in [-0.3, -0.25) is 4.98 Å². The van der Waals surface area contributed by atoms with E-state index in [0.717, 1.165) is 24.6 Å². The molecule has 0 saturated carbocycles. The predicted molar refractivity (Wildman–Crippen MR) is 82.6 cm³/mol. The molecular formula is C17H18F2N2O2. The van der Waals surface area contributed by atoms with Crippen molar-refractivity contribution in [2.75, 3.05) is 37.8 Å². The molecule has 2 aromatic rings. The Morgan fingerprint density at radius 1 is 1.13 bits per heavy atom. The lowest BCUT2D eigenvalue weighted by molar-refractivity contribution is -0.116. The van der Waals surface area contributed by atoms with Crippen LogP contribution in [0.3, 0.4) is 0 Å². The SMILES string of the molecule is Fc1cc(F)c2nccc(N3CCOC4(CCOCC4)C3)c2c1. The number of pyridine rings is 1. The van der Waals surface area contributed by atoms with Gasteiger partial charge in [-0.15, -0.1) is 0 Å². The normalized spacial score (nSPS) is 21.0. The van der Waals surface area contributed by atoms with E-state index in [4.69, 9.17) is 9.47 Å². The molecule has 2 fully saturated rings. The first-order valence-electron chi connectivity index (χ1n) is 7.87. The number of nitrogens with zero attached hydrogens (tertiary/aromatic N) is 2. The van der Waals surface area contributed by atoms with Crippen molar-refractivity contribution in [3.63, 3.8) is 0 Å². The summed E-state index contributed by atoms with van der Waals surface area (Å²) in [6.07, 6.45) is 3.26. The third kappa shape index (κ3) is 2.66. The van der Waals surface area contributed by atoms with Crippen LogP contribution in [-0.4, -0.2) is 43.5 Å². The van der Waals surface area contributed by atoms with Crippen molar-refractivity contribution in [1.29, 1.82) is 0 Å². The molecular weight excluding hydrogens is 302 g/mol. The Bertz CT molecular complexity index is 726. The number of morpholine rings is 1. The maximum atomic E-state index is 14.0. The largest absolute Gasteiger partial charge is 0.381 e. The minimum absolute atomic E-state index is 0.205. The number of aromatic nitrogens is 1. The summed E-state index contributed by atoms with van der Waals surface area (Å²) in [7, 11) is 0. The number of anilines is 1. The number of fused-ring (bicyclic) bond motifs is 1. The van der Waals surface area contributed by atoms with Crippen LogP contribution in [0.25, 0.3) is 10.9 Å². The molecule has 2 aliphatic rings. The molecule has 0 amide bonds. The zero-order valence-corrected chi connectivity index (χ0v) is 12.7. The van der Waals surface area contributed by atoms with Gasteiger partial charge < -0.3 is 14.4 Å². The summed E-state index contributed by atoms with van der Waals surface area (Å²) in [5.41, 5.74) is 0.789. The number of hydrogen-bond donors (Lipinski definition) is 0. The van der Waals surface area contributed by atoms with Crippen LogP contribution in [-0.2, 0) is 9.47 Å². The quantitative estimate of drug-likeness (QED) is 0.809. The zero-order chi connectivity index (χ0) is 15.9. The highest BCUT2D eigenvalue weighted by Crippen LogP contribution is 2.34. The van der Waals surface area contributed by atoms with E-state index in [2.05, 4.69) is 9.88 Å². The van der Waals surface area contributed by atoms with Gasteiger partial charge in [-0.05, 0) is 12.1 Å². The van der Waals surface area contributed by atoms with Gasteiger partial charge in [-0.1, -0.05) is 0 Å². The molecule has 0 atom stereocenters. The third-order valence-electron chi connectivity index (χ3n) is 4.73. The fourth-order valence-corrected chi connectivity index (χ4v) is 3.54. The van der Waals surface area contributed by atoms with Gasteiger partial charge in [0.2, 0.25) is 0 Å². The minimum atomic E-state index is -0.629. The van der Waals surface area contributed by atoms with Crippen molar-refractivity contribution in [3.05, 3.63) is 36.0 Å². The van der Waals surface area contributed by atoms with Crippen LogP contribution in [0.5, 0.6) is 0 Å². The van der Waals surface area contributed by atoms with Crippen LogP contribution in [0.2, 0.25) is 0 Å². The minimum Gasteiger partial charge on any atom is -0.381 e. The van der Waals surface area contributed by atoms with Crippen LogP contribution >= 0.6 is 0 Å². The molecule has 4 nitrogen and oxygen atoms in total. The molecule has 0 N–H and O–H groups in total. The van der Waals surface area contributed by atoms with Gasteiger partial charge in [-0.2, -0.15) is 0 Å². The first-order chi connectivity index (χ1) is 11.2. The first-order valence-corrected chi connectivity index (χ1v) is 7.87. The monoisotopic (exact) mass is 320 g/mol. The van der Waals surface area contributed by atoms with E-state index in [-0.39, 0.29) is 11.1 Å². The summed E-state index contributed by atoms with van der Waals surface area (Å²) >= 11 is 0. The lowest BCUT2D eigenvalue weighted by Crippen LogP contribution is -2.54. The van der Waals surface area contributed by atoms with Crippen molar-refractivity contribution in [3.8, 4) is 0 Å². The van der Waals surface area contributed by atoms with Gasteiger partial charge in [-0.25, -0.2) is 8.78 Å². The summed E-state index contributed by atoms with van der Waals surface area (Å²) in [6.45, 7) is 3.37. The molecule has 3 heterocycles. The van der Waals surface area contributed by atoms with Crippen LogP contribution in [0.1, 0.15) is 12.8 Å². The maximum Gasteiger partial charge on any atom is 0.152 e. The summed E-state index contributed by atoms with van der Waals surface area (Å²) in [5, 5.41) is 0.508. The van der Waals surface area contributed by atoms with Crippen molar-refractivity contribution < 1.29 is 18.3 Å². The fraction of sp³-hybridized carbons (Fsp3) is 0.471. The number of hydrogen-bond acceptors (Lipinski definition) is 4. The molecule has 2 saturated heterocycles. The van der Waals surface area contributed by atoms with Crippen LogP contribution < -0.4 is 4.90 Å². The lowest BCUT2D eigenvalue weighted by Gasteiger charge is -2.45. The Labute approximate surface area is 133 Å². The van der Waals surface area contributed by atoms with Gasteiger partial charge in [0, 0.05) is 62.5 Å². The molecule has 2 aliphatic heterocycles. The van der Waals surface area contributed by atoms with E-state index in [1.165, 1.54) is 6.07 Å².